The summed E-state index contributed by atoms with van der Waals surface area (Å²) < 4.78 is 6.50. The average Bonchev–Trinajstić information content (AvgIpc) is 2.73. The minimum absolute atomic E-state index is 0.0646. The molecule has 2 N–H and O–H groups in total. The summed E-state index contributed by atoms with van der Waals surface area (Å²) in [6.45, 7) is 4.11. The van der Waals surface area contributed by atoms with Gasteiger partial charge in [0.05, 0.1) is 6.61 Å². The Hall–Kier alpha value is -1.83. The topological polar surface area (TPSA) is 84.7 Å². The fraction of sp³-hybridized carbons (Fsp3) is 0.583. The van der Waals surface area contributed by atoms with E-state index in [1.54, 1.807) is 6.92 Å². The van der Waals surface area contributed by atoms with Crippen LogP contribution in [0, 0.1) is 0 Å². The Morgan fingerprint density at radius 1 is 1.55 bits per heavy atom. The number of aromatic nitrogens is 1. The zero-order valence-corrected chi connectivity index (χ0v) is 12.3. The quantitative estimate of drug-likeness (QED) is 0.713. The molecule has 1 aliphatic rings. The number of nitrogens with zero attached hydrogens (tertiary/aromatic N) is 2. The Bertz CT molecular complexity index is 649. The van der Waals surface area contributed by atoms with Crippen molar-refractivity contribution >= 4 is 23.4 Å². The lowest BCUT2D eigenvalue weighted by Crippen LogP contribution is -2.51. The van der Waals surface area contributed by atoms with Crippen LogP contribution in [-0.2, 0) is 9.53 Å². The summed E-state index contributed by atoms with van der Waals surface area (Å²) in [5.41, 5.74) is 5.75. The smallest absolute Gasteiger partial charge is 0.332 e. The van der Waals surface area contributed by atoms with Gasteiger partial charge in [0.25, 0.3) is 5.56 Å². The number of fused-ring (bicyclic) bond motifs is 1. The molecule has 110 valence electrons. The van der Waals surface area contributed by atoms with Gasteiger partial charge in [-0.3, -0.25) is 15.6 Å². The highest BCUT2D eigenvalue weighted by molar-refractivity contribution is 7.07. The SMILES string of the molecule is CCCCC1NN=c2s/c(=C/C(=O)OCC)c(=O)n2N1. The lowest BCUT2D eigenvalue weighted by Gasteiger charge is -2.22. The molecule has 0 amide bonds. The molecule has 0 aromatic carbocycles. The number of hydrogen-bond acceptors (Lipinski definition) is 7. The standard InChI is InChI=1S/C12H18N4O3S/c1-3-5-6-9-13-14-12-16(15-9)11(18)8(20-12)7-10(17)19-4-2/h7,9,13,15H,3-6H2,1-2H3/b8-7+. The van der Waals surface area contributed by atoms with Crippen molar-refractivity contribution in [3.63, 3.8) is 0 Å². The Morgan fingerprint density at radius 2 is 2.35 bits per heavy atom. The molecule has 20 heavy (non-hydrogen) atoms. The van der Waals surface area contributed by atoms with Crippen LogP contribution in [0.15, 0.2) is 9.90 Å². The molecule has 2 heterocycles. The van der Waals surface area contributed by atoms with Gasteiger partial charge in [-0.1, -0.05) is 24.7 Å². The predicted molar refractivity (Wildman–Crippen MR) is 76.3 cm³/mol. The van der Waals surface area contributed by atoms with E-state index in [1.165, 1.54) is 10.8 Å². The zero-order chi connectivity index (χ0) is 14.5. The summed E-state index contributed by atoms with van der Waals surface area (Å²) >= 11 is 1.14. The van der Waals surface area contributed by atoms with Gasteiger partial charge in [-0.05, 0) is 19.8 Å². The van der Waals surface area contributed by atoms with Gasteiger partial charge in [0.15, 0.2) is 0 Å². The molecule has 0 aliphatic carbocycles. The number of esters is 1. The molecule has 1 unspecified atom stereocenters. The summed E-state index contributed by atoms with van der Waals surface area (Å²) in [6, 6.07) is 0. The number of carbonyl (C=O) groups is 1. The van der Waals surface area contributed by atoms with Crippen molar-refractivity contribution in [3.05, 3.63) is 19.7 Å². The largest absolute Gasteiger partial charge is 0.463 e. The third kappa shape index (κ3) is 3.19. The number of unbranched alkanes of at least 4 members (excludes halogenated alkanes) is 1. The van der Waals surface area contributed by atoms with E-state index in [1.807, 2.05) is 0 Å². The molecule has 0 radical (unpaired) electrons. The van der Waals surface area contributed by atoms with Gasteiger partial charge >= 0.3 is 5.97 Å². The van der Waals surface area contributed by atoms with Crippen LogP contribution in [0.4, 0.5) is 0 Å². The summed E-state index contributed by atoms with van der Waals surface area (Å²) in [5, 5.41) is 4.16. The maximum atomic E-state index is 12.2. The second kappa shape index (κ2) is 6.56. The molecule has 1 aromatic rings. The molecule has 8 heteroatoms. The summed E-state index contributed by atoms with van der Waals surface area (Å²) in [4.78, 5) is 24.1. The molecule has 0 saturated carbocycles. The number of thiazole rings is 1. The van der Waals surface area contributed by atoms with Crippen molar-refractivity contribution in [2.45, 2.75) is 39.3 Å². The van der Waals surface area contributed by atoms with Crippen LogP contribution in [0.1, 0.15) is 33.1 Å². The lowest BCUT2D eigenvalue weighted by atomic mass is 10.2. The third-order valence-electron chi connectivity index (χ3n) is 2.79. The van der Waals surface area contributed by atoms with Crippen LogP contribution in [0.2, 0.25) is 0 Å². The second-order valence-corrected chi connectivity index (χ2v) is 5.36. The first kappa shape index (κ1) is 14.6. The lowest BCUT2D eigenvalue weighted by molar-refractivity contribution is -0.135. The summed E-state index contributed by atoms with van der Waals surface area (Å²) in [7, 11) is 0. The molecule has 2 rings (SSSR count). The van der Waals surface area contributed by atoms with E-state index in [2.05, 4.69) is 22.9 Å². The number of hydrogen-bond donors (Lipinski definition) is 2. The van der Waals surface area contributed by atoms with Crippen molar-refractivity contribution in [2.24, 2.45) is 5.10 Å². The molecule has 1 atom stereocenters. The van der Waals surface area contributed by atoms with E-state index in [9.17, 15) is 9.59 Å². The van der Waals surface area contributed by atoms with Crippen molar-refractivity contribution < 1.29 is 9.53 Å². The Kier molecular flexibility index (Phi) is 4.78. The van der Waals surface area contributed by atoms with Gasteiger partial charge in [0.1, 0.15) is 10.7 Å². The molecule has 0 bridgehead atoms. The molecule has 0 spiro atoms. The molecular weight excluding hydrogens is 280 g/mol. The normalized spacial score (nSPS) is 17.7. The van der Waals surface area contributed by atoms with Gasteiger partial charge < -0.3 is 4.74 Å². The Morgan fingerprint density at radius 3 is 3.05 bits per heavy atom. The minimum atomic E-state index is -0.515. The zero-order valence-electron chi connectivity index (χ0n) is 11.5. The maximum Gasteiger partial charge on any atom is 0.332 e. The van der Waals surface area contributed by atoms with Crippen molar-refractivity contribution in [1.82, 2.24) is 10.1 Å². The van der Waals surface area contributed by atoms with Crippen LogP contribution in [0.25, 0.3) is 6.08 Å². The van der Waals surface area contributed by atoms with Gasteiger partial charge in [-0.2, -0.15) is 4.68 Å². The van der Waals surface area contributed by atoms with E-state index in [0.29, 0.717) is 9.33 Å². The molecule has 0 saturated heterocycles. The van der Waals surface area contributed by atoms with Crippen molar-refractivity contribution in [3.8, 4) is 0 Å². The third-order valence-corrected chi connectivity index (χ3v) is 3.76. The first-order valence-electron chi connectivity index (χ1n) is 6.65. The van der Waals surface area contributed by atoms with Gasteiger partial charge in [0, 0.05) is 6.08 Å². The van der Waals surface area contributed by atoms with Gasteiger partial charge in [-0.25, -0.2) is 4.79 Å². The highest BCUT2D eigenvalue weighted by Gasteiger charge is 2.16. The average molecular weight is 298 g/mol. The number of ether oxygens (including phenoxy) is 1. The first-order chi connectivity index (χ1) is 9.65. The molecule has 1 aromatic heterocycles. The second-order valence-electron chi connectivity index (χ2n) is 4.35. The summed E-state index contributed by atoms with van der Waals surface area (Å²) in [5.74, 6) is -0.515. The number of rotatable bonds is 5. The monoisotopic (exact) mass is 298 g/mol. The highest BCUT2D eigenvalue weighted by Crippen LogP contribution is 1.99. The molecule has 0 fully saturated rings. The fourth-order valence-corrected chi connectivity index (χ4v) is 2.66. The van der Waals surface area contributed by atoms with E-state index < -0.39 is 5.97 Å². The molecule has 7 nitrogen and oxygen atoms in total. The molecule has 1 aliphatic heterocycles. The minimum Gasteiger partial charge on any atom is -0.463 e. The van der Waals surface area contributed by atoms with Crippen molar-refractivity contribution in [2.75, 3.05) is 12.0 Å². The van der Waals surface area contributed by atoms with Crippen molar-refractivity contribution in [1.29, 1.82) is 0 Å². The van der Waals surface area contributed by atoms with Gasteiger partial charge in [0.2, 0.25) is 4.80 Å². The Balaban J connectivity index is 2.25. The van der Waals surface area contributed by atoms with Crippen LogP contribution in [0.5, 0.6) is 0 Å². The van der Waals surface area contributed by atoms with Crippen LogP contribution < -0.4 is 25.7 Å². The number of carbonyl (C=O) groups excluding carboxylic acids is 1. The van der Waals surface area contributed by atoms with Gasteiger partial charge in [-0.15, -0.1) is 5.10 Å². The van der Waals surface area contributed by atoms with E-state index in [0.717, 1.165) is 30.6 Å². The van der Waals surface area contributed by atoms with Crippen LogP contribution in [0.3, 0.4) is 0 Å². The Labute approximate surface area is 119 Å². The van der Waals surface area contributed by atoms with E-state index in [-0.39, 0.29) is 18.3 Å². The van der Waals surface area contributed by atoms with E-state index in [4.69, 9.17) is 4.74 Å². The maximum absolute atomic E-state index is 12.2. The number of nitrogens with one attached hydrogen (secondary N) is 2. The fourth-order valence-electron chi connectivity index (χ4n) is 1.81. The first-order valence-corrected chi connectivity index (χ1v) is 7.47. The van der Waals surface area contributed by atoms with Crippen LogP contribution in [-0.4, -0.2) is 23.4 Å². The van der Waals surface area contributed by atoms with Crippen LogP contribution >= 0.6 is 11.3 Å². The summed E-state index contributed by atoms with van der Waals surface area (Å²) in [6.07, 6.45) is 4.13. The highest BCUT2D eigenvalue weighted by atomic mass is 32.1. The predicted octanol–water partition coefficient (Wildman–Crippen LogP) is -0.549. The molecular formula is C12H18N4O3S. The van der Waals surface area contributed by atoms with E-state index >= 15 is 0 Å².